The molecule has 116 valence electrons. The fourth-order valence-electron chi connectivity index (χ4n) is 2.19. The second-order valence-electron chi connectivity index (χ2n) is 5.00. The molecule has 2 rings (SSSR count). The molecule has 1 amide bonds. The van der Waals surface area contributed by atoms with Crippen LogP contribution in [0.25, 0.3) is 0 Å². The molecular formula is C13H15Cl2NO4S. The number of ether oxygens (including phenoxy) is 1. The van der Waals surface area contributed by atoms with Crippen molar-refractivity contribution in [2.24, 2.45) is 0 Å². The second kappa shape index (κ2) is 6.12. The lowest BCUT2D eigenvalue weighted by molar-refractivity contribution is -0.0679. The first-order valence-corrected chi connectivity index (χ1v) is 9.04. The van der Waals surface area contributed by atoms with Crippen LogP contribution < -0.4 is 5.32 Å². The van der Waals surface area contributed by atoms with E-state index in [1.807, 2.05) is 0 Å². The molecule has 0 radical (unpaired) electrons. The quantitative estimate of drug-likeness (QED) is 0.827. The summed E-state index contributed by atoms with van der Waals surface area (Å²) in [6.45, 7) is 0.358. The zero-order valence-corrected chi connectivity index (χ0v) is 13.7. The van der Waals surface area contributed by atoms with Gasteiger partial charge in [0.05, 0.1) is 21.1 Å². The van der Waals surface area contributed by atoms with Crippen molar-refractivity contribution in [3.05, 3.63) is 28.8 Å². The molecule has 0 spiro atoms. The van der Waals surface area contributed by atoms with Gasteiger partial charge in [0.1, 0.15) is 0 Å². The Hall–Kier alpha value is -0.820. The molecule has 0 bridgehead atoms. The lowest BCUT2D eigenvalue weighted by atomic mass is 9.80. The number of hydrogen-bond donors (Lipinski definition) is 1. The van der Waals surface area contributed by atoms with E-state index in [1.54, 1.807) is 7.11 Å². The number of methoxy groups -OCH3 is 1. The predicted molar refractivity (Wildman–Crippen MR) is 80.4 cm³/mol. The van der Waals surface area contributed by atoms with Crippen LogP contribution in [-0.4, -0.2) is 33.6 Å². The lowest BCUT2D eigenvalue weighted by Gasteiger charge is -2.40. The molecule has 1 N–H and O–H groups in total. The number of halogens is 2. The third-order valence-electron chi connectivity index (χ3n) is 3.73. The Balaban J connectivity index is 2.15. The maximum Gasteiger partial charge on any atom is 0.261 e. The third kappa shape index (κ3) is 3.69. The Kier molecular flexibility index (Phi) is 4.82. The first-order chi connectivity index (χ1) is 9.77. The maximum atomic E-state index is 12.2. The SMILES string of the molecule is COC1(CNC(=O)c2cc(S(=O)(=O)Cl)ccc2Cl)CCC1. The van der Waals surface area contributed by atoms with Crippen molar-refractivity contribution in [2.45, 2.75) is 29.8 Å². The molecule has 0 aromatic heterocycles. The smallest absolute Gasteiger partial charge is 0.261 e. The number of amides is 1. The van der Waals surface area contributed by atoms with Crippen molar-refractivity contribution in [1.82, 2.24) is 5.32 Å². The van der Waals surface area contributed by atoms with Crippen molar-refractivity contribution in [3.8, 4) is 0 Å². The highest BCUT2D eigenvalue weighted by Gasteiger charge is 2.37. The van der Waals surface area contributed by atoms with E-state index in [4.69, 9.17) is 27.0 Å². The van der Waals surface area contributed by atoms with E-state index in [0.29, 0.717) is 6.54 Å². The van der Waals surface area contributed by atoms with Gasteiger partial charge >= 0.3 is 0 Å². The second-order valence-corrected chi connectivity index (χ2v) is 7.98. The Bertz CT molecular complexity index is 651. The highest BCUT2D eigenvalue weighted by molar-refractivity contribution is 8.13. The highest BCUT2D eigenvalue weighted by Crippen LogP contribution is 2.34. The fraction of sp³-hybridized carbons (Fsp3) is 0.462. The molecule has 0 saturated heterocycles. The molecule has 1 aliphatic rings. The number of rotatable bonds is 5. The van der Waals surface area contributed by atoms with Crippen LogP contribution in [0.1, 0.15) is 29.6 Å². The number of carbonyl (C=O) groups is 1. The average molecular weight is 352 g/mol. The standard InChI is InChI=1S/C13H15Cl2NO4S/c1-20-13(5-2-6-13)8-16-12(17)10-7-9(21(15,18)19)3-4-11(10)14/h3-4,7H,2,5-6,8H2,1H3,(H,16,17). The molecule has 21 heavy (non-hydrogen) atoms. The van der Waals surface area contributed by atoms with Gasteiger partial charge in [0.25, 0.3) is 15.0 Å². The maximum absolute atomic E-state index is 12.2. The molecule has 0 unspecified atom stereocenters. The van der Waals surface area contributed by atoms with Gasteiger partial charge in [-0.3, -0.25) is 4.79 Å². The van der Waals surface area contributed by atoms with Gasteiger partial charge < -0.3 is 10.1 Å². The molecule has 1 aliphatic carbocycles. The zero-order chi connectivity index (χ0) is 15.7. The summed E-state index contributed by atoms with van der Waals surface area (Å²) >= 11 is 5.94. The van der Waals surface area contributed by atoms with Crippen LogP contribution in [0.5, 0.6) is 0 Å². The third-order valence-corrected chi connectivity index (χ3v) is 5.41. The molecule has 1 aromatic rings. The van der Waals surface area contributed by atoms with Gasteiger partial charge in [-0.2, -0.15) is 0 Å². The molecule has 0 heterocycles. The Morgan fingerprint density at radius 3 is 2.57 bits per heavy atom. The van der Waals surface area contributed by atoms with Crippen LogP contribution in [0.15, 0.2) is 23.1 Å². The fourth-order valence-corrected chi connectivity index (χ4v) is 3.17. The van der Waals surface area contributed by atoms with E-state index in [-0.39, 0.29) is 21.1 Å². The molecule has 8 heteroatoms. The molecule has 0 atom stereocenters. The van der Waals surface area contributed by atoms with Crippen LogP contribution in [0.3, 0.4) is 0 Å². The molecule has 1 fully saturated rings. The minimum atomic E-state index is -3.91. The first-order valence-electron chi connectivity index (χ1n) is 6.35. The number of nitrogens with one attached hydrogen (secondary N) is 1. The van der Waals surface area contributed by atoms with Crippen LogP contribution in [0.4, 0.5) is 0 Å². The van der Waals surface area contributed by atoms with Crippen molar-refractivity contribution >= 4 is 37.2 Å². The van der Waals surface area contributed by atoms with Gasteiger partial charge in [0.15, 0.2) is 0 Å². The van der Waals surface area contributed by atoms with Crippen molar-refractivity contribution in [2.75, 3.05) is 13.7 Å². The summed E-state index contributed by atoms with van der Waals surface area (Å²) < 4.78 is 28.0. The Morgan fingerprint density at radius 2 is 2.10 bits per heavy atom. The first kappa shape index (κ1) is 16.5. The Labute approximate surface area is 133 Å². The van der Waals surface area contributed by atoms with E-state index in [9.17, 15) is 13.2 Å². The topological polar surface area (TPSA) is 72.5 Å². The summed E-state index contributed by atoms with van der Waals surface area (Å²) in [4.78, 5) is 12.0. The summed E-state index contributed by atoms with van der Waals surface area (Å²) in [5, 5.41) is 2.89. The van der Waals surface area contributed by atoms with Crippen LogP contribution >= 0.6 is 22.3 Å². The van der Waals surface area contributed by atoms with Gasteiger partial charge in [-0.15, -0.1) is 0 Å². The van der Waals surface area contributed by atoms with Gasteiger partial charge in [-0.25, -0.2) is 8.42 Å². The average Bonchev–Trinajstić information content (AvgIpc) is 2.36. The van der Waals surface area contributed by atoms with Crippen LogP contribution in [0, 0.1) is 0 Å². The molecule has 1 saturated carbocycles. The normalized spacial score (nSPS) is 17.1. The van der Waals surface area contributed by atoms with E-state index >= 15 is 0 Å². The van der Waals surface area contributed by atoms with Crippen LogP contribution in [0.2, 0.25) is 5.02 Å². The summed E-state index contributed by atoms with van der Waals surface area (Å²) in [5.41, 5.74) is -0.248. The van der Waals surface area contributed by atoms with E-state index in [2.05, 4.69) is 5.32 Å². The molecular weight excluding hydrogens is 337 g/mol. The monoisotopic (exact) mass is 351 g/mol. The molecule has 0 aliphatic heterocycles. The minimum absolute atomic E-state index is 0.0731. The summed E-state index contributed by atoms with van der Waals surface area (Å²) in [5.74, 6) is -0.453. The Morgan fingerprint density at radius 1 is 1.43 bits per heavy atom. The van der Waals surface area contributed by atoms with Gasteiger partial charge in [-0.05, 0) is 37.5 Å². The van der Waals surface area contributed by atoms with Crippen molar-refractivity contribution in [3.63, 3.8) is 0 Å². The van der Waals surface area contributed by atoms with Gasteiger partial charge in [0.2, 0.25) is 0 Å². The van der Waals surface area contributed by atoms with Gasteiger partial charge in [0, 0.05) is 24.3 Å². The van der Waals surface area contributed by atoms with Crippen molar-refractivity contribution in [1.29, 1.82) is 0 Å². The minimum Gasteiger partial charge on any atom is -0.376 e. The lowest BCUT2D eigenvalue weighted by Crippen LogP contribution is -2.49. The van der Waals surface area contributed by atoms with Crippen LogP contribution in [-0.2, 0) is 13.8 Å². The summed E-state index contributed by atoms with van der Waals surface area (Å²) in [7, 11) is 2.97. The predicted octanol–water partition coefficient (Wildman–Crippen LogP) is 2.57. The molecule has 5 nitrogen and oxygen atoms in total. The van der Waals surface area contributed by atoms with Crippen molar-refractivity contribution < 1.29 is 17.9 Å². The molecule has 1 aromatic carbocycles. The number of carbonyl (C=O) groups excluding carboxylic acids is 1. The van der Waals surface area contributed by atoms with E-state index in [0.717, 1.165) is 19.3 Å². The summed E-state index contributed by atoms with van der Waals surface area (Å²) in [6.07, 6.45) is 2.83. The highest BCUT2D eigenvalue weighted by atomic mass is 35.7. The van der Waals surface area contributed by atoms with Gasteiger partial charge in [-0.1, -0.05) is 11.6 Å². The summed E-state index contributed by atoms with van der Waals surface area (Å²) in [6, 6.07) is 3.76. The number of benzene rings is 1. The van der Waals surface area contributed by atoms with E-state index in [1.165, 1.54) is 18.2 Å². The van der Waals surface area contributed by atoms with E-state index < -0.39 is 15.0 Å². The number of hydrogen-bond acceptors (Lipinski definition) is 4. The largest absolute Gasteiger partial charge is 0.376 e. The zero-order valence-electron chi connectivity index (χ0n) is 11.4.